The zero-order chi connectivity index (χ0) is 27.6. The zero-order valence-corrected chi connectivity index (χ0v) is 22.1. The SMILES string of the molecule is O=c1[nH]c(-c2ccccc2-c2ccc(Cn3c(=O)n(CCc4ccccc4)c(=O)c4cc(CO)sc43)cc2)no1. The van der Waals surface area contributed by atoms with Crippen molar-refractivity contribution in [3.05, 3.63) is 132 Å². The Morgan fingerprint density at radius 1 is 0.850 bits per heavy atom. The maximum Gasteiger partial charge on any atom is 0.439 e. The predicted molar refractivity (Wildman–Crippen MR) is 154 cm³/mol. The number of rotatable bonds is 8. The first kappa shape index (κ1) is 25.5. The third-order valence-corrected chi connectivity index (χ3v) is 7.94. The average Bonchev–Trinajstić information content (AvgIpc) is 3.63. The van der Waals surface area contributed by atoms with Crippen molar-refractivity contribution in [2.24, 2.45) is 0 Å². The van der Waals surface area contributed by atoms with E-state index < -0.39 is 5.76 Å². The molecule has 9 nitrogen and oxygen atoms in total. The zero-order valence-electron chi connectivity index (χ0n) is 21.2. The third-order valence-electron chi connectivity index (χ3n) is 6.80. The van der Waals surface area contributed by atoms with Crippen molar-refractivity contribution in [1.29, 1.82) is 0 Å². The highest BCUT2D eigenvalue weighted by Crippen LogP contribution is 2.30. The number of nitrogens with one attached hydrogen (secondary N) is 1. The van der Waals surface area contributed by atoms with Gasteiger partial charge in [-0.1, -0.05) is 84.0 Å². The summed E-state index contributed by atoms with van der Waals surface area (Å²) in [5, 5.41) is 14.0. The molecular formula is C30H24N4O5S. The van der Waals surface area contributed by atoms with Gasteiger partial charge in [0.25, 0.3) is 5.56 Å². The highest BCUT2D eigenvalue weighted by molar-refractivity contribution is 7.18. The number of benzene rings is 3. The first-order chi connectivity index (χ1) is 19.5. The molecule has 3 aromatic carbocycles. The molecular weight excluding hydrogens is 528 g/mol. The molecule has 0 saturated carbocycles. The second-order valence-electron chi connectivity index (χ2n) is 9.34. The second-order valence-corrected chi connectivity index (χ2v) is 10.5. The van der Waals surface area contributed by atoms with Gasteiger partial charge in [0.15, 0.2) is 5.82 Å². The summed E-state index contributed by atoms with van der Waals surface area (Å²) in [6, 6.07) is 26.7. The van der Waals surface area contributed by atoms with Crippen LogP contribution in [0.4, 0.5) is 0 Å². The molecule has 0 saturated heterocycles. The molecule has 0 aliphatic heterocycles. The molecule has 0 aliphatic carbocycles. The van der Waals surface area contributed by atoms with Gasteiger partial charge in [-0.2, -0.15) is 0 Å². The summed E-state index contributed by atoms with van der Waals surface area (Å²) in [5.41, 5.74) is 3.65. The van der Waals surface area contributed by atoms with E-state index in [4.69, 9.17) is 0 Å². The summed E-state index contributed by atoms with van der Waals surface area (Å²) >= 11 is 1.25. The molecule has 2 N–H and O–H groups in total. The Bertz CT molecular complexity index is 1980. The quantitative estimate of drug-likeness (QED) is 0.294. The number of aliphatic hydroxyl groups is 1. The topological polar surface area (TPSA) is 123 Å². The molecule has 0 radical (unpaired) electrons. The lowest BCUT2D eigenvalue weighted by Gasteiger charge is -2.13. The number of fused-ring (bicyclic) bond motifs is 1. The fourth-order valence-electron chi connectivity index (χ4n) is 4.81. The predicted octanol–water partition coefficient (Wildman–Crippen LogP) is 4.02. The fourth-order valence-corrected chi connectivity index (χ4v) is 5.81. The lowest BCUT2D eigenvalue weighted by Crippen LogP contribution is -2.40. The number of thiophene rings is 1. The summed E-state index contributed by atoms with van der Waals surface area (Å²) in [4.78, 5) is 42.2. The molecule has 0 unspecified atom stereocenters. The lowest BCUT2D eigenvalue weighted by molar-refractivity contribution is 0.285. The van der Waals surface area contributed by atoms with Gasteiger partial charge in [-0.15, -0.1) is 11.3 Å². The van der Waals surface area contributed by atoms with Crippen molar-refractivity contribution in [3.8, 4) is 22.5 Å². The van der Waals surface area contributed by atoms with Gasteiger partial charge in [0.05, 0.1) is 18.5 Å². The van der Waals surface area contributed by atoms with E-state index in [1.165, 1.54) is 15.9 Å². The number of aromatic nitrogens is 4. The summed E-state index contributed by atoms with van der Waals surface area (Å²) in [7, 11) is 0. The van der Waals surface area contributed by atoms with Crippen molar-refractivity contribution in [3.63, 3.8) is 0 Å². The van der Waals surface area contributed by atoms with Gasteiger partial charge < -0.3 is 5.11 Å². The van der Waals surface area contributed by atoms with E-state index in [0.717, 1.165) is 27.8 Å². The van der Waals surface area contributed by atoms with E-state index in [9.17, 15) is 19.5 Å². The van der Waals surface area contributed by atoms with E-state index in [-0.39, 0.29) is 30.9 Å². The molecule has 3 heterocycles. The van der Waals surface area contributed by atoms with Gasteiger partial charge in [-0.25, -0.2) is 9.59 Å². The molecule has 6 rings (SSSR count). The highest BCUT2D eigenvalue weighted by Gasteiger charge is 2.17. The van der Waals surface area contributed by atoms with Gasteiger partial charge >= 0.3 is 11.4 Å². The average molecular weight is 553 g/mol. The molecule has 10 heteroatoms. The monoisotopic (exact) mass is 552 g/mol. The molecule has 6 aromatic rings. The van der Waals surface area contributed by atoms with Crippen molar-refractivity contribution < 1.29 is 9.63 Å². The number of aryl methyl sites for hydroxylation is 1. The Morgan fingerprint density at radius 2 is 1.57 bits per heavy atom. The van der Waals surface area contributed by atoms with Gasteiger partial charge in [-0.05, 0) is 34.7 Å². The Balaban J connectivity index is 1.36. The number of aromatic amines is 1. The maximum absolute atomic E-state index is 13.6. The van der Waals surface area contributed by atoms with E-state index in [1.54, 1.807) is 10.6 Å². The normalized spacial score (nSPS) is 11.3. The third kappa shape index (κ3) is 4.86. The maximum atomic E-state index is 13.6. The van der Waals surface area contributed by atoms with Crippen LogP contribution in [0.2, 0.25) is 0 Å². The summed E-state index contributed by atoms with van der Waals surface area (Å²) in [6.07, 6.45) is 0.545. The van der Waals surface area contributed by atoms with E-state index in [0.29, 0.717) is 27.3 Å². The summed E-state index contributed by atoms with van der Waals surface area (Å²) in [6.45, 7) is 0.300. The molecule has 3 aromatic heterocycles. The van der Waals surface area contributed by atoms with Crippen molar-refractivity contribution >= 4 is 21.6 Å². The number of H-pyrrole nitrogens is 1. The van der Waals surface area contributed by atoms with Crippen LogP contribution in [0.3, 0.4) is 0 Å². The summed E-state index contributed by atoms with van der Waals surface area (Å²) in [5.74, 6) is -0.284. The molecule has 0 fully saturated rings. The molecule has 0 bridgehead atoms. The first-order valence-corrected chi connectivity index (χ1v) is 13.5. The van der Waals surface area contributed by atoms with Crippen molar-refractivity contribution in [1.82, 2.24) is 19.3 Å². The van der Waals surface area contributed by atoms with Crippen LogP contribution in [0.5, 0.6) is 0 Å². The highest BCUT2D eigenvalue weighted by atomic mass is 32.1. The van der Waals surface area contributed by atoms with Crippen LogP contribution < -0.4 is 17.0 Å². The van der Waals surface area contributed by atoms with Crippen LogP contribution in [0, 0.1) is 0 Å². The van der Waals surface area contributed by atoms with Crippen molar-refractivity contribution in [2.45, 2.75) is 26.1 Å². The first-order valence-electron chi connectivity index (χ1n) is 12.7. The number of nitrogens with zero attached hydrogens (tertiary/aromatic N) is 3. The van der Waals surface area contributed by atoms with Crippen molar-refractivity contribution in [2.75, 3.05) is 0 Å². The number of hydrogen-bond donors (Lipinski definition) is 2. The Morgan fingerprint density at radius 3 is 2.27 bits per heavy atom. The smallest absolute Gasteiger partial charge is 0.391 e. The Labute approximate surface area is 231 Å². The molecule has 200 valence electrons. The molecule has 40 heavy (non-hydrogen) atoms. The summed E-state index contributed by atoms with van der Waals surface area (Å²) < 4.78 is 7.57. The van der Waals surface area contributed by atoms with Crippen LogP contribution in [0.15, 0.2) is 104 Å². The fraction of sp³-hybridized carbons (Fsp3) is 0.133. The van der Waals surface area contributed by atoms with E-state index in [1.807, 2.05) is 78.9 Å². The van der Waals surface area contributed by atoms with Crippen LogP contribution >= 0.6 is 11.3 Å². The minimum atomic E-state index is -0.625. The van der Waals surface area contributed by atoms with Gasteiger partial charge in [0.1, 0.15) is 4.83 Å². The van der Waals surface area contributed by atoms with Crippen LogP contribution in [-0.2, 0) is 26.1 Å². The van der Waals surface area contributed by atoms with E-state index >= 15 is 0 Å². The molecule has 0 atom stereocenters. The van der Waals surface area contributed by atoms with Gasteiger partial charge in [-0.3, -0.25) is 23.4 Å². The standard InChI is InChI=1S/C30H24N4O5S/c35-18-22-16-25-27(36)33(15-14-19-6-2-1-3-7-19)30(38)34(28(25)40-22)17-20-10-12-21(13-11-20)23-8-4-5-9-24(23)26-31-29(37)39-32-26/h1-13,16,35H,14-15,17-18H2,(H,31,32,37). The van der Waals surface area contributed by atoms with Gasteiger partial charge in [0.2, 0.25) is 0 Å². The molecule has 0 spiro atoms. The van der Waals surface area contributed by atoms with Crippen LogP contribution in [0.25, 0.3) is 32.7 Å². The van der Waals surface area contributed by atoms with Crippen LogP contribution in [-0.4, -0.2) is 24.4 Å². The molecule has 0 amide bonds. The number of aliphatic hydroxyl groups excluding tert-OH is 1. The molecule has 0 aliphatic rings. The lowest BCUT2D eigenvalue weighted by atomic mass is 9.98. The van der Waals surface area contributed by atoms with Crippen LogP contribution in [0.1, 0.15) is 16.0 Å². The number of hydrogen-bond acceptors (Lipinski definition) is 7. The minimum Gasteiger partial charge on any atom is -0.391 e. The largest absolute Gasteiger partial charge is 0.439 e. The second kappa shape index (κ2) is 10.8. The minimum absolute atomic E-state index is 0.206. The Hall–Kier alpha value is -4.80. The Kier molecular flexibility index (Phi) is 6.85. The van der Waals surface area contributed by atoms with Gasteiger partial charge in [0, 0.05) is 17.0 Å². The van der Waals surface area contributed by atoms with E-state index in [2.05, 4.69) is 14.7 Å².